The highest BCUT2D eigenvalue weighted by atomic mass is 16.6. The lowest BCUT2D eigenvalue weighted by Gasteiger charge is -2.22. The second-order valence-electron chi connectivity index (χ2n) is 4.96. The largest absolute Gasteiger partial charge is 0.486 e. The predicted octanol–water partition coefficient (Wildman–Crippen LogP) is 2.27. The Morgan fingerprint density at radius 3 is 2.68 bits per heavy atom. The normalized spacial score (nSPS) is 17.0. The average molecular weight is 265 g/mol. The third-order valence-electron chi connectivity index (χ3n) is 3.33. The molecule has 1 aromatic rings. The molecule has 0 spiro atoms. The summed E-state index contributed by atoms with van der Waals surface area (Å²) in [4.78, 5) is 0. The Bertz CT molecular complexity index is 406. The van der Waals surface area contributed by atoms with Gasteiger partial charge in [0.1, 0.15) is 13.2 Å². The summed E-state index contributed by atoms with van der Waals surface area (Å²) in [7, 11) is 0. The third kappa shape index (κ3) is 3.85. The first-order chi connectivity index (χ1) is 9.20. The highest BCUT2D eigenvalue weighted by Crippen LogP contribution is 2.33. The van der Waals surface area contributed by atoms with Crippen LogP contribution in [0, 0.1) is 0 Å². The van der Waals surface area contributed by atoms with Crippen molar-refractivity contribution in [1.29, 1.82) is 0 Å². The van der Waals surface area contributed by atoms with Gasteiger partial charge in [0.25, 0.3) is 0 Å². The van der Waals surface area contributed by atoms with Crippen LogP contribution in [0.4, 0.5) is 0 Å². The smallest absolute Gasteiger partial charge is 0.161 e. The van der Waals surface area contributed by atoms with Gasteiger partial charge < -0.3 is 19.9 Å². The van der Waals surface area contributed by atoms with Crippen molar-refractivity contribution < 1.29 is 14.6 Å². The van der Waals surface area contributed by atoms with Gasteiger partial charge in [-0.05, 0) is 44.0 Å². The molecule has 4 nitrogen and oxygen atoms in total. The minimum atomic E-state index is -0.259. The monoisotopic (exact) mass is 265 g/mol. The topological polar surface area (TPSA) is 50.7 Å². The summed E-state index contributed by atoms with van der Waals surface area (Å²) in [5.74, 6) is 1.66. The van der Waals surface area contributed by atoms with Crippen LogP contribution in [0.15, 0.2) is 18.2 Å². The maximum absolute atomic E-state index is 9.29. The van der Waals surface area contributed by atoms with Crippen molar-refractivity contribution in [2.45, 2.75) is 38.8 Å². The van der Waals surface area contributed by atoms with E-state index in [9.17, 15) is 5.11 Å². The zero-order valence-electron chi connectivity index (χ0n) is 11.7. The Morgan fingerprint density at radius 1 is 1.26 bits per heavy atom. The molecule has 106 valence electrons. The zero-order valence-corrected chi connectivity index (χ0v) is 11.7. The lowest BCUT2D eigenvalue weighted by atomic mass is 10.0. The van der Waals surface area contributed by atoms with Gasteiger partial charge in [-0.2, -0.15) is 0 Å². The zero-order chi connectivity index (χ0) is 13.7. The second kappa shape index (κ2) is 6.78. The van der Waals surface area contributed by atoms with Gasteiger partial charge in [-0.1, -0.05) is 13.0 Å². The van der Waals surface area contributed by atoms with E-state index in [4.69, 9.17) is 9.47 Å². The van der Waals surface area contributed by atoms with Gasteiger partial charge in [0, 0.05) is 6.04 Å². The summed E-state index contributed by atoms with van der Waals surface area (Å²) < 4.78 is 11.1. The molecule has 0 bridgehead atoms. The predicted molar refractivity (Wildman–Crippen MR) is 74.8 cm³/mol. The fraction of sp³-hybridized carbons (Fsp3) is 0.600. The molecule has 19 heavy (non-hydrogen) atoms. The van der Waals surface area contributed by atoms with Crippen LogP contribution < -0.4 is 14.8 Å². The molecule has 0 aromatic heterocycles. The van der Waals surface area contributed by atoms with E-state index in [1.165, 1.54) is 5.56 Å². The van der Waals surface area contributed by atoms with Crippen molar-refractivity contribution in [3.8, 4) is 11.5 Å². The number of ether oxygens (including phenoxy) is 2. The number of hydrogen-bond donors (Lipinski definition) is 2. The Labute approximate surface area is 114 Å². The Hall–Kier alpha value is -1.26. The fourth-order valence-corrected chi connectivity index (χ4v) is 2.24. The molecule has 1 aromatic carbocycles. The number of rotatable bonds is 6. The van der Waals surface area contributed by atoms with Gasteiger partial charge in [0.2, 0.25) is 0 Å². The number of nitrogens with one attached hydrogen (secondary N) is 1. The molecule has 0 saturated heterocycles. The molecule has 0 aliphatic carbocycles. The van der Waals surface area contributed by atoms with Gasteiger partial charge in [-0.3, -0.25) is 0 Å². The van der Waals surface area contributed by atoms with Crippen LogP contribution in [0.25, 0.3) is 0 Å². The van der Waals surface area contributed by atoms with Crippen molar-refractivity contribution in [2.24, 2.45) is 0 Å². The van der Waals surface area contributed by atoms with Crippen LogP contribution in [0.2, 0.25) is 0 Å². The van der Waals surface area contributed by atoms with Gasteiger partial charge in [0.05, 0.1) is 6.10 Å². The molecule has 4 heteroatoms. The second-order valence-corrected chi connectivity index (χ2v) is 4.96. The highest BCUT2D eigenvalue weighted by Gasteiger charge is 2.15. The van der Waals surface area contributed by atoms with Crippen LogP contribution in [0.3, 0.4) is 0 Å². The number of hydrogen-bond acceptors (Lipinski definition) is 4. The van der Waals surface area contributed by atoms with E-state index >= 15 is 0 Å². The molecule has 2 rings (SSSR count). The number of benzene rings is 1. The van der Waals surface area contributed by atoms with Crippen molar-refractivity contribution >= 4 is 0 Å². The maximum Gasteiger partial charge on any atom is 0.161 e. The van der Waals surface area contributed by atoms with E-state index in [0.29, 0.717) is 13.2 Å². The number of aliphatic hydroxyl groups excluding tert-OH is 1. The minimum Gasteiger partial charge on any atom is -0.486 e. The lowest BCUT2D eigenvalue weighted by molar-refractivity contribution is 0.171. The Morgan fingerprint density at radius 2 is 2.00 bits per heavy atom. The third-order valence-corrected chi connectivity index (χ3v) is 3.33. The van der Waals surface area contributed by atoms with Gasteiger partial charge in [-0.15, -0.1) is 0 Å². The summed E-state index contributed by atoms with van der Waals surface area (Å²) in [6.07, 6.45) is 1.51. The summed E-state index contributed by atoms with van der Waals surface area (Å²) in [5.41, 5.74) is 1.21. The first kappa shape index (κ1) is 14.2. The summed E-state index contributed by atoms with van der Waals surface area (Å²) >= 11 is 0. The minimum absolute atomic E-state index is 0.259. The van der Waals surface area contributed by atoms with E-state index in [1.54, 1.807) is 0 Å². The van der Waals surface area contributed by atoms with E-state index in [2.05, 4.69) is 24.4 Å². The van der Waals surface area contributed by atoms with Crippen molar-refractivity contribution in [1.82, 2.24) is 5.32 Å². The molecule has 2 unspecified atom stereocenters. The summed E-state index contributed by atoms with van der Waals surface area (Å²) in [6.45, 7) is 6.01. The molecular formula is C15H23NO3. The standard InChI is InChI=1S/C15H23NO3/c1-3-13(16-7-6-11(2)17)12-4-5-14-15(10-12)19-9-8-18-14/h4-5,10-11,13,16-17H,3,6-9H2,1-2H3. The van der Waals surface area contributed by atoms with Crippen LogP contribution in [-0.4, -0.2) is 31.0 Å². The Kier molecular flexibility index (Phi) is 5.05. The van der Waals surface area contributed by atoms with Crippen LogP contribution in [-0.2, 0) is 0 Å². The maximum atomic E-state index is 9.29. The van der Waals surface area contributed by atoms with Crippen LogP contribution in [0.1, 0.15) is 38.3 Å². The van der Waals surface area contributed by atoms with Crippen molar-refractivity contribution in [2.75, 3.05) is 19.8 Å². The van der Waals surface area contributed by atoms with E-state index < -0.39 is 0 Å². The number of fused-ring (bicyclic) bond motifs is 1. The van der Waals surface area contributed by atoms with Crippen molar-refractivity contribution in [3.05, 3.63) is 23.8 Å². The van der Waals surface area contributed by atoms with Crippen molar-refractivity contribution in [3.63, 3.8) is 0 Å². The van der Waals surface area contributed by atoms with E-state index in [-0.39, 0.29) is 12.1 Å². The van der Waals surface area contributed by atoms with E-state index in [0.717, 1.165) is 30.9 Å². The SMILES string of the molecule is CCC(NCCC(C)O)c1ccc2c(c1)OCCO2. The van der Waals surface area contributed by atoms with Gasteiger partial charge >= 0.3 is 0 Å². The summed E-state index contributed by atoms with van der Waals surface area (Å²) in [5, 5.41) is 12.8. The number of aliphatic hydroxyl groups is 1. The van der Waals surface area contributed by atoms with Crippen LogP contribution in [0.5, 0.6) is 11.5 Å². The molecule has 1 aliphatic heterocycles. The molecule has 2 atom stereocenters. The molecular weight excluding hydrogens is 242 g/mol. The quantitative estimate of drug-likeness (QED) is 0.828. The lowest BCUT2D eigenvalue weighted by Crippen LogP contribution is -2.24. The first-order valence-electron chi connectivity index (χ1n) is 7.01. The summed E-state index contributed by atoms with van der Waals surface area (Å²) in [6, 6.07) is 6.40. The molecule has 2 N–H and O–H groups in total. The molecule has 1 heterocycles. The average Bonchev–Trinajstić information content (AvgIpc) is 2.43. The fourth-order valence-electron chi connectivity index (χ4n) is 2.24. The molecule has 0 amide bonds. The van der Waals surface area contributed by atoms with E-state index in [1.807, 2.05) is 13.0 Å². The van der Waals surface area contributed by atoms with Gasteiger partial charge in [0.15, 0.2) is 11.5 Å². The molecule has 1 aliphatic rings. The molecule has 0 radical (unpaired) electrons. The highest BCUT2D eigenvalue weighted by molar-refractivity contribution is 5.44. The Balaban J connectivity index is 2.01. The molecule has 0 fully saturated rings. The molecule has 0 saturated carbocycles. The van der Waals surface area contributed by atoms with Crippen LogP contribution >= 0.6 is 0 Å². The first-order valence-corrected chi connectivity index (χ1v) is 7.01. The van der Waals surface area contributed by atoms with Gasteiger partial charge in [-0.25, -0.2) is 0 Å².